The van der Waals surface area contributed by atoms with Gasteiger partial charge in [-0.05, 0) is 0 Å². The molecule has 0 aliphatic heterocycles. The molecular formula is C28H26BrO3P. The molecule has 0 saturated heterocycles. The van der Waals surface area contributed by atoms with Crippen LogP contribution in [0.4, 0.5) is 0 Å². The molecule has 0 aliphatic carbocycles. The third-order valence-electron chi connectivity index (χ3n) is 5.94. The van der Waals surface area contributed by atoms with Crippen molar-refractivity contribution in [1.29, 1.82) is 0 Å². The SMILES string of the molecule is CCOC(=O)c1ccc(O)c(CP(Br)(c2ccccc2)(c2ccccc2)c2ccccc2)c1. The second-order valence-electron chi connectivity index (χ2n) is 7.91. The minimum atomic E-state index is -3.29. The summed E-state index contributed by atoms with van der Waals surface area (Å²) in [5.74, 6) is -0.243. The van der Waals surface area contributed by atoms with Gasteiger partial charge in [0.2, 0.25) is 0 Å². The van der Waals surface area contributed by atoms with Gasteiger partial charge in [-0.3, -0.25) is 0 Å². The predicted octanol–water partition coefficient (Wildman–Crippen LogP) is 5.91. The standard InChI is InChI=1S/C28H26BrO3P/c1-2-32-28(31)22-18-19-27(30)23(20-22)21-33(29,24-12-6-3-7-13-24,25-14-8-4-9-15-25)26-16-10-5-11-17-26/h3-20,30H,2,21H2,1H3. The molecule has 33 heavy (non-hydrogen) atoms. The molecule has 0 spiro atoms. The van der Waals surface area contributed by atoms with Crippen molar-refractivity contribution in [1.82, 2.24) is 0 Å². The maximum atomic E-state index is 12.5. The molecule has 0 aromatic heterocycles. The Bertz CT molecular complexity index is 1140. The normalized spacial score (nSPS) is 12.5. The zero-order valence-electron chi connectivity index (χ0n) is 18.4. The van der Waals surface area contributed by atoms with Crippen molar-refractivity contribution in [2.24, 2.45) is 0 Å². The number of phenols is 1. The second-order valence-corrected chi connectivity index (χ2v) is 16.8. The van der Waals surface area contributed by atoms with Crippen LogP contribution in [0.5, 0.6) is 5.75 Å². The molecule has 4 aromatic rings. The van der Waals surface area contributed by atoms with Gasteiger partial charge in [0.1, 0.15) is 0 Å². The van der Waals surface area contributed by atoms with Gasteiger partial charge in [-0.15, -0.1) is 0 Å². The summed E-state index contributed by atoms with van der Waals surface area (Å²) in [6.07, 6.45) is 0.489. The summed E-state index contributed by atoms with van der Waals surface area (Å²) < 4.78 is 5.21. The van der Waals surface area contributed by atoms with Crippen molar-refractivity contribution in [2.75, 3.05) is 6.61 Å². The average molecular weight is 521 g/mol. The predicted molar refractivity (Wildman–Crippen MR) is 142 cm³/mol. The maximum absolute atomic E-state index is 12.5. The van der Waals surface area contributed by atoms with Crippen molar-refractivity contribution in [3.05, 3.63) is 120 Å². The first-order chi connectivity index (χ1) is 16.0. The zero-order valence-corrected chi connectivity index (χ0v) is 20.9. The number of esters is 1. The van der Waals surface area contributed by atoms with E-state index in [1.807, 2.05) is 54.6 Å². The van der Waals surface area contributed by atoms with Crippen molar-refractivity contribution in [3.63, 3.8) is 0 Å². The summed E-state index contributed by atoms with van der Waals surface area (Å²) >= 11 is 4.38. The van der Waals surface area contributed by atoms with Gasteiger partial charge in [0.15, 0.2) is 0 Å². The van der Waals surface area contributed by atoms with Crippen LogP contribution in [-0.2, 0) is 10.9 Å². The number of carbonyl (C=O) groups excluding carboxylic acids is 1. The molecule has 3 nitrogen and oxygen atoms in total. The molecule has 0 unspecified atom stereocenters. The van der Waals surface area contributed by atoms with E-state index in [1.54, 1.807) is 25.1 Å². The van der Waals surface area contributed by atoms with E-state index in [1.165, 1.54) is 0 Å². The first-order valence-electron chi connectivity index (χ1n) is 10.9. The summed E-state index contributed by atoms with van der Waals surface area (Å²) in [5, 5.41) is 11.0. The fraction of sp³-hybridized carbons (Fsp3) is 0.107. The first kappa shape index (κ1) is 23.2. The zero-order chi connectivity index (χ0) is 23.3. The van der Waals surface area contributed by atoms with Crippen molar-refractivity contribution in [3.8, 4) is 5.75 Å². The van der Waals surface area contributed by atoms with E-state index in [0.717, 1.165) is 15.9 Å². The van der Waals surface area contributed by atoms with Gasteiger partial charge in [0.25, 0.3) is 0 Å². The Labute approximate surface area is 202 Å². The molecule has 0 radical (unpaired) electrons. The second kappa shape index (κ2) is 9.51. The molecule has 0 aliphatic rings. The molecule has 4 rings (SSSR count). The Morgan fingerprint density at radius 2 is 1.24 bits per heavy atom. The average Bonchev–Trinajstić information content (AvgIpc) is 2.87. The van der Waals surface area contributed by atoms with Crippen molar-refractivity contribution < 1.29 is 14.6 Å². The van der Waals surface area contributed by atoms with Crippen LogP contribution >= 0.6 is 20.8 Å². The Balaban J connectivity index is 2.03. The van der Waals surface area contributed by atoms with Gasteiger partial charge in [-0.2, -0.15) is 0 Å². The minimum absolute atomic E-state index is 0.152. The molecule has 4 aromatic carbocycles. The molecule has 5 heteroatoms. The Morgan fingerprint density at radius 1 is 0.788 bits per heavy atom. The van der Waals surface area contributed by atoms with E-state index in [2.05, 4.69) is 51.9 Å². The Kier molecular flexibility index (Phi) is 6.69. The molecule has 0 bridgehead atoms. The van der Waals surface area contributed by atoms with Gasteiger partial charge in [-0.25, -0.2) is 0 Å². The summed E-state index contributed by atoms with van der Waals surface area (Å²) in [6, 6.07) is 36.0. The molecule has 0 fully saturated rings. The first-order valence-corrected chi connectivity index (χ1v) is 15.3. The van der Waals surface area contributed by atoms with Crippen LogP contribution in [-0.4, -0.2) is 17.7 Å². The monoisotopic (exact) mass is 520 g/mol. The van der Waals surface area contributed by atoms with Crippen LogP contribution in [0.15, 0.2) is 109 Å². The number of carbonyl (C=O) groups is 1. The number of ether oxygens (including phenoxy) is 1. The molecule has 0 amide bonds. The molecular weight excluding hydrogens is 495 g/mol. The molecule has 1 N–H and O–H groups in total. The fourth-order valence-electron chi connectivity index (χ4n) is 4.31. The van der Waals surface area contributed by atoms with Gasteiger partial charge in [0, 0.05) is 0 Å². The third kappa shape index (κ3) is 4.21. The van der Waals surface area contributed by atoms with Crippen LogP contribution < -0.4 is 15.9 Å². The van der Waals surface area contributed by atoms with E-state index >= 15 is 0 Å². The molecule has 0 heterocycles. The summed E-state index contributed by atoms with van der Waals surface area (Å²) in [5.41, 5.74) is 1.11. The van der Waals surface area contributed by atoms with Gasteiger partial charge >= 0.3 is 203 Å². The van der Waals surface area contributed by atoms with Crippen molar-refractivity contribution in [2.45, 2.75) is 13.1 Å². The topological polar surface area (TPSA) is 46.5 Å². The molecule has 0 saturated carbocycles. The van der Waals surface area contributed by atoms with Crippen LogP contribution in [0.1, 0.15) is 22.8 Å². The van der Waals surface area contributed by atoms with Crippen LogP contribution in [0.2, 0.25) is 0 Å². The number of rotatable bonds is 7. The number of phenolic OH excluding ortho intramolecular Hbond substituents is 1. The van der Waals surface area contributed by atoms with E-state index < -0.39 is 11.3 Å². The van der Waals surface area contributed by atoms with Crippen LogP contribution in [0.25, 0.3) is 0 Å². The van der Waals surface area contributed by atoms with E-state index in [-0.39, 0.29) is 5.75 Å². The van der Waals surface area contributed by atoms with Gasteiger partial charge in [-0.1, -0.05) is 0 Å². The summed E-state index contributed by atoms with van der Waals surface area (Å²) in [7, 11) is 0. The van der Waals surface area contributed by atoms with Crippen LogP contribution in [0.3, 0.4) is 0 Å². The van der Waals surface area contributed by atoms with Crippen molar-refractivity contribution >= 4 is 42.7 Å². The molecule has 0 atom stereocenters. The number of hydrogen-bond donors (Lipinski definition) is 1. The fourth-order valence-corrected chi connectivity index (χ4v) is 12.0. The molecule has 168 valence electrons. The van der Waals surface area contributed by atoms with E-state index in [9.17, 15) is 9.90 Å². The number of benzene rings is 4. The summed E-state index contributed by atoms with van der Waals surface area (Å²) in [4.78, 5) is 12.5. The van der Waals surface area contributed by atoms with Gasteiger partial charge < -0.3 is 0 Å². The Hall–Kier alpha value is -2.94. The van der Waals surface area contributed by atoms with E-state index in [4.69, 9.17) is 4.74 Å². The summed E-state index contributed by atoms with van der Waals surface area (Å²) in [6.45, 7) is 2.08. The van der Waals surface area contributed by atoms with Crippen LogP contribution in [0, 0.1) is 0 Å². The number of hydrogen-bond acceptors (Lipinski definition) is 3. The van der Waals surface area contributed by atoms with Gasteiger partial charge in [0.05, 0.1) is 0 Å². The number of halogens is 1. The quantitative estimate of drug-likeness (QED) is 0.243. The number of aromatic hydroxyl groups is 1. The van der Waals surface area contributed by atoms with E-state index in [0.29, 0.717) is 23.9 Å². The third-order valence-corrected chi connectivity index (χ3v) is 15.4. The Morgan fingerprint density at radius 3 is 1.67 bits per heavy atom.